The van der Waals surface area contributed by atoms with Crippen molar-refractivity contribution in [2.45, 2.75) is 12.5 Å². The zero-order valence-electron chi connectivity index (χ0n) is 12.2. The van der Waals surface area contributed by atoms with Crippen molar-refractivity contribution >= 4 is 17.5 Å². The highest BCUT2D eigenvalue weighted by Gasteiger charge is 2.31. The van der Waals surface area contributed by atoms with Crippen LogP contribution in [0.4, 0.5) is 0 Å². The summed E-state index contributed by atoms with van der Waals surface area (Å²) < 4.78 is 6.54. The van der Waals surface area contributed by atoms with E-state index in [1.54, 1.807) is 18.2 Å². The topological polar surface area (TPSA) is 101 Å². The minimum Gasteiger partial charge on any atom is -0.481 e. The lowest BCUT2D eigenvalue weighted by atomic mass is 10.1. The first-order valence-corrected chi connectivity index (χ1v) is 7.15. The van der Waals surface area contributed by atoms with Gasteiger partial charge < -0.3 is 14.7 Å². The lowest BCUT2D eigenvalue weighted by Gasteiger charge is -2.34. The fraction of sp³-hybridized carbons (Fsp3) is 0.333. The molecule has 1 N–H and O–H groups in total. The predicted molar refractivity (Wildman–Crippen MR) is 79.4 cm³/mol. The minimum atomic E-state index is -1.02. The van der Waals surface area contributed by atoms with Crippen LogP contribution >= 0.6 is 0 Å². The number of amides is 1. The molecule has 8 heteroatoms. The van der Waals surface area contributed by atoms with Gasteiger partial charge in [-0.2, -0.15) is 0 Å². The largest absolute Gasteiger partial charge is 0.481 e. The molecule has 0 aromatic carbocycles. The van der Waals surface area contributed by atoms with E-state index in [-0.39, 0.29) is 25.1 Å². The van der Waals surface area contributed by atoms with E-state index in [0.29, 0.717) is 12.3 Å². The van der Waals surface area contributed by atoms with Crippen molar-refractivity contribution in [3.8, 4) is 0 Å². The van der Waals surface area contributed by atoms with Gasteiger partial charge in [0.25, 0.3) is 11.5 Å². The van der Waals surface area contributed by atoms with Crippen LogP contribution < -0.4 is 5.56 Å². The Labute approximate surface area is 130 Å². The van der Waals surface area contributed by atoms with E-state index in [4.69, 9.17) is 9.84 Å². The van der Waals surface area contributed by atoms with E-state index < -0.39 is 23.5 Å². The summed E-state index contributed by atoms with van der Waals surface area (Å²) in [5, 5.41) is 8.96. The fourth-order valence-electron chi connectivity index (χ4n) is 2.62. The number of carbonyl (C=O) groups is 2. The minimum absolute atomic E-state index is 0.0778. The van der Waals surface area contributed by atoms with Crippen LogP contribution in [0, 0.1) is 0 Å². The molecule has 1 aliphatic heterocycles. The van der Waals surface area contributed by atoms with Crippen molar-refractivity contribution in [1.29, 1.82) is 0 Å². The van der Waals surface area contributed by atoms with Crippen LogP contribution in [0.2, 0.25) is 0 Å². The molecule has 120 valence electrons. The lowest BCUT2D eigenvalue weighted by Crippen LogP contribution is -2.50. The molecule has 1 fully saturated rings. The molecule has 0 aliphatic carbocycles. The van der Waals surface area contributed by atoms with Crippen LogP contribution in [-0.4, -0.2) is 57.1 Å². The molecule has 2 aromatic rings. The van der Waals surface area contributed by atoms with Gasteiger partial charge in [0, 0.05) is 18.9 Å². The smallest absolute Gasteiger partial charge is 0.305 e. The zero-order chi connectivity index (χ0) is 16.4. The number of hydrogen-bond donors (Lipinski definition) is 1. The molecule has 1 unspecified atom stereocenters. The molecule has 1 saturated heterocycles. The van der Waals surface area contributed by atoms with Crippen LogP contribution in [0.15, 0.2) is 35.4 Å². The molecule has 1 amide bonds. The van der Waals surface area contributed by atoms with Gasteiger partial charge in [0.05, 0.1) is 25.7 Å². The first-order valence-electron chi connectivity index (χ1n) is 7.15. The second-order valence-electron chi connectivity index (χ2n) is 5.23. The molecule has 0 bridgehead atoms. The molecule has 1 aliphatic rings. The number of morpholine rings is 1. The van der Waals surface area contributed by atoms with Gasteiger partial charge in [0.15, 0.2) is 0 Å². The van der Waals surface area contributed by atoms with Crippen LogP contribution in [0.3, 0.4) is 0 Å². The second kappa shape index (κ2) is 6.17. The number of carboxylic acid groups (broad SMARTS) is 1. The van der Waals surface area contributed by atoms with Gasteiger partial charge in [0.1, 0.15) is 11.2 Å². The summed E-state index contributed by atoms with van der Waals surface area (Å²) in [6, 6.07) is 4.49. The highest BCUT2D eigenvalue weighted by Crippen LogP contribution is 2.13. The predicted octanol–water partition coefficient (Wildman–Crippen LogP) is 0.0102. The monoisotopic (exact) mass is 317 g/mol. The van der Waals surface area contributed by atoms with Gasteiger partial charge in [-0.05, 0) is 12.1 Å². The van der Waals surface area contributed by atoms with Crippen LogP contribution in [0.25, 0.3) is 5.65 Å². The number of carbonyl (C=O) groups excluding carboxylic acids is 1. The number of aliphatic carboxylic acids is 1. The maximum Gasteiger partial charge on any atom is 0.305 e. The van der Waals surface area contributed by atoms with E-state index in [1.165, 1.54) is 21.7 Å². The Kier molecular flexibility index (Phi) is 4.07. The Morgan fingerprint density at radius 1 is 1.39 bits per heavy atom. The van der Waals surface area contributed by atoms with Gasteiger partial charge in [-0.25, -0.2) is 4.98 Å². The van der Waals surface area contributed by atoms with Crippen LogP contribution in [-0.2, 0) is 9.53 Å². The van der Waals surface area contributed by atoms with Crippen molar-refractivity contribution in [1.82, 2.24) is 14.3 Å². The third-order valence-corrected chi connectivity index (χ3v) is 3.74. The summed E-state index contributed by atoms with van der Waals surface area (Å²) in [5.41, 5.74) is -0.106. The molecule has 0 spiro atoms. The van der Waals surface area contributed by atoms with Crippen LogP contribution in [0.5, 0.6) is 0 Å². The van der Waals surface area contributed by atoms with E-state index in [1.807, 2.05) is 0 Å². The summed E-state index contributed by atoms with van der Waals surface area (Å²) >= 11 is 0. The SMILES string of the molecule is O=C(O)CC1COCCN1C(=O)c1cnc2ccccn2c1=O. The number of fused-ring (bicyclic) bond motifs is 1. The highest BCUT2D eigenvalue weighted by molar-refractivity contribution is 5.94. The molecule has 3 heterocycles. The quantitative estimate of drug-likeness (QED) is 0.856. The average Bonchev–Trinajstić information content (AvgIpc) is 2.55. The van der Waals surface area contributed by atoms with E-state index in [9.17, 15) is 14.4 Å². The first kappa shape index (κ1) is 15.2. The normalized spacial score (nSPS) is 18.1. The molecule has 3 rings (SSSR count). The molecule has 23 heavy (non-hydrogen) atoms. The van der Waals surface area contributed by atoms with E-state index >= 15 is 0 Å². The second-order valence-corrected chi connectivity index (χ2v) is 5.23. The molecule has 2 aromatic heterocycles. The Hall–Kier alpha value is -2.74. The van der Waals surface area contributed by atoms with E-state index in [2.05, 4.69) is 4.98 Å². The Morgan fingerprint density at radius 3 is 3.00 bits per heavy atom. The molecule has 0 saturated carbocycles. The Morgan fingerprint density at radius 2 is 2.22 bits per heavy atom. The number of aromatic nitrogens is 2. The van der Waals surface area contributed by atoms with Gasteiger partial charge in [-0.1, -0.05) is 6.07 Å². The summed E-state index contributed by atoms with van der Waals surface area (Å²) in [4.78, 5) is 41.6. The summed E-state index contributed by atoms with van der Waals surface area (Å²) in [5.74, 6) is -1.54. The standard InChI is InChI=1S/C15H15N3O5/c19-13(20)7-10-9-23-6-5-17(10)14(21)11-8-16-12-3-1-2-4-18(12)15(11)22/h1-4,8,10H,5-7,9H2,(H,19,20). The van der Waals surface area contributed by atoms with E-state index in [0.717, 1.165) is 0 Å². The van der Waals surface area contributed by atoms with Crippen LogP contribution in [0.1, 0.15) is 16.8 Å². The number of rotatable bonds is 3. The first-order chi connectivity index (χ1) is 11.1. The maximum absolute atomic E-state index is 12.7. The van der Waals surface area contributed by atoms with Gasteiger partial charge in [-0.3, -0.25) is 18.8 Å². The maximum atomic E-state index is 12.7. The lowest BCUT2D eigenvalue weighted by molar-refractivity contribution is -0.139. The number of ether oxygens (including phenoxy) is 1. The average molecular weight is 317 g/mol. The fourth-order valence-corrected chi connectivity index (χ4v) is 2.62. The Bertz CT molecular complexity index is 816. The molecule has 8 nitrogen and oxygen atoms in total. The van der Waals surface area contributed by atoms with Crippen molar-refractivity contribution in [2.24, 2.45) is 0 Å². The molecule has 0 radical (unpaired) electrons. The zero-order valence-corrected chi connectivity index (χ0v) is 12.2. The van der Waals surface area contributed by atoms with Gasteiger partial charge in [0.2, 0.25) is 0 Å². The number of carboxylic acids is 1. The Balaban J connectivity index is 1.97. The molecular weight excluding hydrogens is 302 g/mol. The third-order valence-electron chi connectivity index (χ3n) is 3.74. The third kappa shape index (κ3) is 2.93. The van der Waals surface area contributed by atoms with Gasteiger partial charge >= 0.3 is 5.97 Å². The summed E-state index contributed by atoms with van der Waals surface area (Å²) in [7, 11) is 0. The molecular formula is C15H15N3O5. The number of hydrogen-bond acceptors (Lipinski definition) is 5. The van der Waals surface area contributed by atoms with Crippen molar-refractivity contribution in [3.05, 3.63) is 46.5 Å². The number of nitrogens with zero attached hydrogens (tertiary/aromatic N) is 3. The van der Waals surface area contributed by atoms with Crippen molar-refractivity contribution in [3.63, 3.8) is 0 Å². The summed E-state index contributed by atoms with van der Waals surface area (Å²) in [6.07, 6.45) is 2.55. The highest BCUT2D eigenvalue weighted by atomic mass is 16.5. The van der Waals surface area contributed by atoms with Crippen molar-refractivity contribution < 1.29 is 19.4 Å². The molecule has 1 atom stereocenters. The van der Waals surface area contributed by atoms with Gasteiger partial charge in [-0.15, -0.1) is 0 Å². The summed E-state index contributed by atoms with van der Waals surface area (Å²) in [6.45, 7) is 0.693. The van der Waals surface area contributed by atoms with Crippen molar-refractivity contribution in [2.75, 3.05) is 19.8 Å². The number of pyridine rings is 1.